The van der Waals surface area contributed by atoms with Gasteiger partial charge in [0.15, 0.2) is 0 Å². The highest BCUT2D eigenvalue weighted by molar-refractivity contribution is 14.1. The summed E-state index contributed by atoms with van der Waals surface area (Å²) in [5.41, 5.74) is 9.27. The second-order valence-corrected chi connectivity index (χ2v) is 4.33. The van der Waals surface area contributed by atoms with Crippen LogP contribution in [0.25, 0.3) is 10.4 Å². The maximum absolute atomic E-state index is 8.17. The minimum atomic E-state index is 0.601. The summed E-state index contributed by atoms with van der Waals surface area (Å²) in [6.07, 6.45) is 0. The van der Waals surface area contributed by atoms with Crippen LogP contribution in [0.2, 0.25) is 0 Å². The van der Waals surface area contributed by atoms with Crippen LogP contribution in [0, 0.1) is 0 Å². The number of halogens is 2. The molecule has 1 rings (SSSR count). The van der Waals surface area contributed by atoms with Crippen molar-refractivity contribution < 1.29 is 0 Å². The number of benzene rings is 1. The first-order valence-corrected chi connectivity index (χ1v) is 5.21. The van der Waals surface area contributed by atoms with Gasteiger partial charge in [-0.2, -0.15) is 8.13 Å². The number of nitrogens with zero attached hydrogens (tertiary/aromatic N) is 4. The van der Waals surface area contributed by atoms with E-state index in [1.807, 2.05) is 47.1 Å². The molecule has 0 aliphatic rings. The first-order chi connectivity index (χ1) is 6.22. The molecule has 4 nitrogen and oxygen atoms in total. The van der Waals surface area contributed by atoms with Gasteiger partial charge in [0.25, 0.3) is 0 Å². The molecule has 0 heterocycles. The van der Waals surface area contributed by atoms with Crippen molar-refractivity contribution in [3.8, 4) is 0 Å². The van der Waals surface area contributed by atoms with Crippen molar-refractivity contribution in [2.24, 2.45) is 5.22 Å². The molecule has 0 unspecified atom stereocenters. The predicted octanol–water partition coefficient (Wildman–Crippen LogP) is 3.83. The van der Waals surface area contributed by atoms with Crippen LogP contribution in [-0.4, -0.2) is 3.22 Å². The maximum Gasteiger partial charge on any atom is 0.209 e. The molecule has 0 aromatic heterocycles. The third-order valence-electron chi connectivity index (χ3n) is 1.34. The number of hydrogen-bond donors (Lipinski definition) is 0. The summed E-state index contributed by atoms with van der Waals surface area (Å²) < 4.78 is 2.54. The fraction of sp³-hybridized carbons (Fsp3) is 0.143. The van der Waals surface area contributed by atoms with Crippen molar-refractivity contribution in [3.63, 3.8) is 0 Å². The third kappa shape index (κ3) is 3.84. The highest BCUT2D eigenvalue weighted by Crippen LogP contribution is 2.15. The highest BCUT2D eigenvalue weighted by atomic mass is 127. The van der Waals surface area contributed by atoms with E-state index in [2.05, 4.69) is 26.1 Å². The lowest BCUT2D eigenvalue weighted by Gasteiger charge is -2.04. The average molecular weight is 353 g/mol. The van der Waals surface area contributed by atoms with Crippen molar-refractivity contribution in [2.45, 2.75) is 6.54 Å². The topological polar surface area (TPSA) is 52.0 Å². The SMILES string of the molecule is [N-]=[N+]=NN(I)Cc1cccc(Br)c1. The zero-order valence-electron chi connectivity index (χ0n) is 6.56. The van der Waals surface area contributed by atoms with Crippen LogP contribution in [0.3, 0.4) is 0 Å². The van der Waals surface area contributed by atoms with Gasteiger partial charge in [0.2, 0.25) is 22.9 Å². The van der Waals surface area contributed by atoms with Crippen molar-refractivity contribution in [3.05, 3.63) is 44.7 Å². The van der Waals surface area contributed by atoms with Crippen molar-refractivity contribution >= 4 is 38.8 Å². The zero-order chi connectivity index (χ0) is 9.68. The van der Waals surface area contributed by atoms with E-state index in [0.717, 1.165) is 10.0 Å². The van der Waals surface area contributed by atoms with Gasteiger partial charge in [-0.1, -0.05) is 28.1 Å². The van der Waals surface area contributed by atoms with E-state index in [-0.39, 0.29) is 0 Å². The van der Waals surface area contributed by atoms with E-state index >= 15 is 0 Å². The molecule has 0 amide bonds. The van der Waals surface area contributed by atoms with Gasteiger partial charge in [0, 0.05) is 4.47 Å². The summed E-state index contributed by atoms with van der Waals surface area (Å²) in [5.74, 6) is 0. The van der Waals surface area contributed by atoms with Gasteiger partial charge in [-0.25, -0.2) is 0 Å². The highest BCUT2D eigenvalue weighted by Gasteiger charge is 2.01. The van der Waals surface area contributed by atoms with Crippen LogP contribution in [0.4, 0.5) is 0 Å². The molecule has 0 saturated carbocycles. The molecule has 0 radical (unpaired) electrons. The fourth-order valence-corrected chi connectivity index (χ4v) is 1.79. The van der Waals surface area contributed by atoms with E-state index in [1.54, 1.807) is 0 Å². The van der Waals surface area contributed by atoms with Gasteiger partial charge in [-0.05, 0) is 22.9 Å². The molecular weight excluding hydrogens is 347 g/mol. The summed E-state index contributed by atoms with van der Waals surface area (Å²) in [6.45, 7) is 0.601. The molecule has 0 fully saturated rings. The quantitative estimate of drug-likeness (QED) is 0.204. The normalized spacial score (nSPS) is 9.08. The lowest BCUT2D eigenvalue weighted by Crippen LogP contribution is -2.00. The minimum absolute atomic E-state index is 0.601. The fourth-order valence-electron chi connectivity index (χ4n) is 0.861. The molecule has 0 aliphatic carbocycles. The molecule has 0 N–H and O–H groups in total. The number of hydrogen-bond acceptors (Lipinski definition) is 1. The summed E-state index contributed by atoms with van der Waals surface area (Å²) in [6, 6.07) is 7.86. The molecule has 0 atom stereocenters. The van der Waals surface area contributed by atoms with Gasteiger partial charge in [0.1, 0.15) is 6.54 Å². The minimum Gasteiger partial charge on any atom is -0.183 e. The average Bonchev–Trinajstić information content (AvgIpc) is 2.04. The van der Waals surface area contributed by atoms with Crippen LogP contribution in [0.1, 0.15) is 5.56 Å². The molecule has 1 aromatic carbocycles. The Morgan fingerprint density at radius 1 is 1.62 bits per heavy atom. The summed E-state index contributed by atoms with van der Waals surface area (Å²) >= 11 is 5.32. The summed E-state index contributed by atoms with van der Waals surface area (Å²) in [7, 11) is 0. The van der Waals surface area contributed by atoms with Gasteiger partial charge in [-0.3, -0.25) is 0 Å². The van der Waals surface area contributed by atoms with E-state index in [9.17, 15) is 0 Å². The second kappa shape index (κ2) is 5.31. The zero-order valence-corrected chi connectivity index (χ0v) is 10.3. The Balaban J connectivity index is 2.68. The van der Waals surface area contributed by atoms with Crippen molar-refractivity contribution in [1.29, 1.82) is 0 Å². The van der Waals surface area contributed by atoms with Crippen LogP contribution in [-0.2, 0) is 6.54 Å². The largest absolute Gasteiger partial charge is 0.209 e. The Morgan fingerprint density at radius 3 is 3.00 bits per heavy atom. The van der Waals surface area contributed by atoms with Crippen molar-refractivity contribution in [1.82, 2.24) is 3.22 Å². The Bertz CT molecular complexity index is 337. The molecule has 0 aliphatic heterocycles. The van der Waals surface area contributed by atoms with E-state index < -0.39 is 0 Å². The summed E-state index contributed by atoms with van der Waals surface area (Å²) in [5, 5.41) is 3.43. The maximum atomic E-state index is 8.17. The third-order valence-corrected chi connectivity index (χ3v) is 2.37. The predicted molar refractivity (Wildman–Crippen MR) is 62.9 cm³/mol. The lowest BCUT2D eigenvalue weighted by atomic mass is 10.2. The van der Waals surface area contributed by atoms with Gasteiger partial charge in [-0.15, -0.1) is 5.53 Å². The van der Waals surface area contributed by atoms with Crippen LogP contribution in [0.15, 0.2) is 34.0 Å². The monoisotopic (exact) mass is 352 g/mol. The Morgan fingerprint density at radius 2 is 2.38 bits per heavy atom. The van der Waals surface area contributed by atoms with E-state index in [1.165, 1.54) is 3.22 Å². The van der Waals surface area contributed by atoms with Gasteiger partial charge < -0.3 is 0 Å². The molecule has 68 valence electrons. The number of azide groups is 1. The van der Waals surface area contributed by atoms with Crippen molar-refractivity contribution in [2.75, 3.05) is 0 Å². The molecular formula is C7H6BrIN4. The molecule has 1 aromatic rings. The first kappa shape index (κ1) is 10.6. The van der Waals surface area contributed by atoms with Gasteiger partial charge in [0.05, 0.1) is 0 Å². The van der Waals surface area contributed by atoms with E-state index in [4.69, 9.17) is 5.53 Å². The Labute approximate surface area is 98.1 Å². The Hall–Kier alpha value is -0.460. The standard InChI is InChI=1S/C7H6BrIN4/c8-7-3-1-2-6(4-7)5-13(9)12-11-10/h1-4H,5H2. The smallest absolute Gasteiger partial charge is 0.183 e. The number of rotatable bonds is 3. The molecule has 0 spiro atoms. The van der Waals surface area contributed by atoms with E-state index in [0.29, 0.717) is 6.54 Å². The van der Waals surface area contributed by atoms with Gasteiger partial charge >= 0.3 is 0 Å². The van der Waals surface area contributed by atoms with Crippen LogP contribution < -0.4 is 0 Å². The van der Waals surface area contributed by atoms with Crippen LogP contribution >= 0.6 is 38.8 Å². The first-order valence-electron chi connectivity index (χ1n) is 3.45. The molecule has 6 heteroatoms. The Kier molecular flexibility index (Phi) is 4.34. The molecule has 0 saturated heterocycles. The second-order valence-electron chi connectivity index (χ2n) is 2.30. The molecule has 13 heavy (non-hydrogen) atoms. The summed E-state index contributed by atoms with van der Waals surface area (Å²) in [4.78, 5) is 2.69. The molecule has 0 bridgehead atoms. The lowest BCUT2D eigenvalue weighted by molar-refractivity contribution is 0.533. The van der Waals surface area contributed by atoms with Crippen LogP contribution in [0.5, 0.6) is 0 Å².